The number of thioether (sulfide) groups is 1. The number of rotatable bonds is 6. The summed E-state index contributed by atoms with van der Waals surface area (Å²) < 4.78 is 19.7. The van der Waals surface area contributed by atoms with Crippen LogP contribution in [0.2, 0.25) is 0 Å². The number of para-hydroxylation sites is 1. The maximum absolute atomic E-state index is 13.1. The van der Waals surface area contributed by atoms with Crippen LogP contribution >= 0.6 is 27.7 Å². The number of ether oxygens (including phenoxy) is 1. The Morgan fingerprint density at radius 3 is 2.61 bits per heavy atom. The molecule has 3 aromatic rings. The summed E-state index contributed by atoms with van der Waals surface area (Å²) in [5.41, 5.74) is 3.77. The van der Waals surface area contributed by atoms with E-state index in [0.717, 1.165) is 33.3 Å². The molecule has 1 amide bonds. The minimum Gasteiger partial charge on any atom is -0.488 e. The largest absolute Gasteiger partial charge is 0.488 e. The van der Waals surface area contributed by atoms with Gasteiger partial charge in [-0.15, -0.1) is 0 Å². The molecule has 168 valence electrons. The summed E-state index contributed by atoms with van der Waals surface area (Å²) in [7, 11) is 1.74. The summed E-state index contributed by atoms with van der Waals surface area (Å²) in [5.74, 6) is 0.313. The second kappa shape index (κ2) is 10.4. The minimum absolute atomic E-state index is 0.0829. The van der Waals surface area contributed by atoms with Crippen LogP contribution in [0, 0.1) is 5.82 Å². The highest BCUT2D eigenvalue weighted by Gasteiger charge is 2.30. The van der Waals surface area contributed by atoms with Gasteiger partial charge in [0.25, 0.3) is 5.91 Å². The first-order valence-corrected chi connectivity index (χ1v) is 12.1. The Kier molecular flexibility index (Phi) is 7.30. The first kappa shape index (κ1) is 23.3. The summed E-state index contributed by atoms with van der Waals surface area (Å²) in [4.78, 5) is 19.7. The van der Waals surface area contributed by atoms with E-state index in [1.165, 1.54) is 23.9 Å². The fourth-order valence-corrected chi connectivity index (χ4v) is 4.78. The van der Waals surface area contributed by atoms with E-state index in [1.54, 1.807) is 24.1 Å². The van der Waals surface area contributed by atoms with Crippen molar-refractivity contribution in [3.8, 4) is 5.75 Å². The number of aliphatic imine (C=N–C) groups is 1. The summed E-state index contributed by atoms with van der Waals surface area (Å²) in [6, 6.07) is 19.8. The van der Waals surface area contributed by atoms with E-state index in [0.29, 0.717) is 22.4 Å². The smallest absolute Gasteiger partial charge is 0.266 e. The quantitative estimate of drug-likeness (QED) is 0.327. The van der Waals surface area contributed by atoms with E-state index in [1.807, 2.05) is 42.5 Å². The second-order valence-electron chi connectivity index (χ2n) is 7.46. The third-order valence-electron chi connectivity index (χ3n) is 5.15. The lowest BCUT2D eigenvalue weighted by atomic mass is 10.1. The number of carbonyl (C=O) groups is 1. The van der Waals surface area contributed by atoms with Crippen molar-refractivity contribution in [3.63, 3.8) is 0 Å². The molecule has 4 nitrogen and oxygen atoms in total. The number of hydrogen-bond donors (Lipinski definition) is 0. The Labute approximate surface area is 205 Å². The standard InChI is InChI=1S/C26H22BrFN2O2S/c1-3-19-6-4-5-7-22(19)29-26-30(2)25(31)24(33-26)15-18-10-13-23(21(27)14-18)32-16-17-8-11-20(28)12-9-17/h4-15H,3,16H2,1-2H3/b24-15+,29-26?. The first-order valence-electron chi connectivity index (χ1n) is 10.5. The number of hydrogen-bond acceptors (Lipinski definition) is 4. The third kappa shape index (κ3) is 5.54. The van der Waals surface area contributed by atoms with Crippen LogP contribution < -0.4 is 4.74 Å². The molecule has 0 spiro atoms. The van der Waals surface area contributed by atoms with Gasteiger partial charge in [-0.2, -0.15) is 0 Å². The molecular weight excluding hydrogens is 503 g/mol. The molecule has 1 aliphatic heterocycles. The lowest BCUT2D eigenvalue weighted by Gasteiger charge is -2.09. The number of halogens is 2. The minimum atomic E-state index is -0.273. The lowest BCUT2D eigenvalue weighted by Crippen LogP contribution is -2.23. The van der Waals surface area contributed by atoms with Gasteiger partial charge in [0.2, 0.25) is 0 Å². The molecule has 0 radical (unpaired) electrons. The zero-order chi connectivity index (χ0) is 23.4. The molecule has 0 unspecified atom stereocenters. The van der Waals surface area contributed by atoms with E-state index >= 15 is 0 Å². The lowest BCUT2D eigenvalue weighted by molar-refractivity contribution is -0.121. The number of carbonyl (C=O) groups excluding carboxylic acids is 1. The molecule has 3 aromatic carbocycles. The summed E-state index contributed by atoms with van der Waals surface area (Å²) in [5, 5.41) is 0.658. The fraction of sp³-hybridized carbons (Fsp3) is 0.154. The van der Waals surface area contributed by atoms with Crippen LogP contribution in [0.3, 0.4) is 0 Å². The van der Waals surface area contributed by atoms with Gasteiger partial charge in [-0.05, 0) is 87.2 Å². The van der Waals surface area contributed by atoms with Gasteiger partial charge in [-0.3, -0.25) is 9.69 Å². The van der Waals surface area contributed by atoms with Crippen molar-refractivity contribution in [2.75, 3.05) is 7.05 Å². The molecular formula is C26H22BrFN2O2S. The molecule has 0 aromatic heterocycles. The van der Waals surface area contributed by atoms with E-state index in [9.17, 15) is 9.18 Å². The zero-order valence-electron chi connectivity index (χ0n) is 18.2. The molecule has 0 atom stereocenters. The number of amidine groups is 1. The zero-order valence-corrected chi connectivity index (χ0v) is 20.6. The first-order chi connectivity index (χ1) is 15.9. The maximum atomic E-state index is 13.1. The second-order valence-corrected chi connectivity index (χ2v) is 9.32. The molecule has 4 rings (SSSR count). The topological polar surface area (TPSA) is 41.9 Å². The highest BCUT2D eigenvalue weighted by molar-refractivity contribution is 9.10. The molecule has 1 heterocycles. The predicted octanol–water partition coefficient (Wildman–Crippen LogP) is 6.96. The number of amides is 1. The van der Waals surface area contributed by atoms with Crippen molar-refractivity contribution < 1.29 is 13.9 Å². The molecule has 7 heteroatoms. The van der Waals surface area contributed by atoms with Crippen molar-refractivity contribution in [1.82, 2.24) is 4.90 Å². The monoisotopic (exact) mass is 524 g/mol. The Bertz CT molecular complexity index is 1240. The number of likely N-dealkylation sites (N-methyl/N-ethyl adjacent to an activating group) is 1. The Morgan fingerprint density at radius 2 is 1.88 bits per heavy atom. The maximum Gasteiger partial charge on any atom is 0.266 e. The van der Waals surface area contributed by atoms with E-state index in [2.05, 4.69) is 28.9 Å². The normalized spacial score (nSPS) is 16.1. The van der Waals surface area contributed by atoms with Gasteiger partial charge in [0.05, 0.1) is 15.1 Å². The summed E-state index contributed by atoms with van der Waals surface area (Å²) in [6.45, 7) is 2.42. The summed E-state index contributed by atoms with van der Waals surface area (Å²) >= 11 is 4.91. The van der Waals surface area contributed by atoms with Gasteiger partial charge in [0.15, 0.2) is 5.17 Å². The van der Waals surface area contributed by atoms with Gasteiger partial charge < -0.3 is 4.74 Å². The van der Waals surface area contributed by atoms with Crippen molar-refractivity contribution in [3.05, 3.63) is 98.6 Å². The molecule has 0 N–H and O–H groups in total. The van der Waals surface area contributed by atoms with Crippen molar-refractivity contribution in [2.24, 2.45) is 4.99 Å². The van der Waals surface area contributed by atoms with Gasteiger partial charge in [0, 0.05) is 7.05 Å². The number of benzene rings is 3. The Morgan fingerprint density at radius 1 is 1.12 bits per heavy atom. The van der Waals surface area contributed by atoms with Crippen LogP contribution in [0.5, 0.6) is 5.75 Å². The molecule has 0 bridgehead atoms. The van der Waals surface area contributed by atoms with Crippen LogP contribution in [0.1, 0.15) is 23.6 Å². The van der Waals surface area contributed by atoms with Crippen LogP contribution in [-0.2, 0) is 17.8 Å². The van der Waals surface area contributed by atoms with Crippen LogP contribution in [0.15, 0.2) is 81.1 Å². The Hall–Kier alpha value is -2.90. The highest BCUT2D eigenvalue weighted by Crippen LogP contribution is 2.35. The average molecular weight is 525 g/mol. The highest BCUT2D eigenvalue weighted by atomic mass is 79.9. The van der Waals surface area contributed by atoms with Gasteiger partial charge in [0.1, 0.15) is 18.2 Å². The molecule has 1 fully saturated rings. The average Bonchev–Trinajstić information content (AvgIpc) is 3.07. The SMILES string of the molecule is CCc1ccccc1N=C1S/C(=C/c2ccc(OCc3ccc(F)cc3)c(Br)c2)C(=O)N1C. The summed E-state index contributed by atoms with van der Waals surface area (Å²) in [6.07, 6.45) is 2.73. The van der Waals surface area contributed by atoms with Gasteiger partial charge in [-0.25, -0.2) is 9.38 Å². The molecule has 0 aliphatic carbocycles. The predicted molar refractivity (Wildman–Crippen MR) is 136 cm³/mol. The molecule has 1 saturated heterocycles. The van der Waals surface area contributed by atoms with E-state index in [-0.39, 0.29) is 11.7 Å². The van der Waals surface area contributed by atoms with Gasteiger partial charge >= 0.3 is 0 Å². The van der Waals surface area contributed by atoms with Crippen LogP contribution in [0.4, 0.5) is 10.1 Å². The van der Waals surface area contributed by atoms with Gasteiger partial charge in [-0.1, -0.05) is 43.3 Å². The van der Waals surface area contributed by atoms with E-state index < -0.39 is 0 Å². The van der Waals surface area contributed by atoms with Crippen molar-refractivity contribution in [2.45, 2.75) is 20.0 Å². The van der Waals surface area contributed by atoms with Crippen LogP contribution in [0.25, 0.3) is 6.08 Å². The molecule has 1 aliphatic rings. The van der Waals surface area contributed by atoms with Crippen molar-refractivity contribution in [1.29, 1.82) is 0 Å². The number of nitrogens with zero attached hydrogens (tertiary/aromatic N) is 2. The third-order valence-corrected chi connectivity index (χ3v) is 6.83. The van der Waals surface area contributed by atoms with Crippen LogP contribution in [-0.4, -0.2) is 23.0 Å². The fourth-order valence-electron chi connectivity index (χ4n) is 3.29. The molecule has 33 heavy (non-hydrogen) atoms. The molecule has 0 saturated carbocycles. The number of aryl methyl sites for hydroxylation is 1. The van der Waals surface area contributed by atoms with E-state index in [4.69, 9.17) is 9.73 Å². The Balaban J connectivity index is 1.50. The van der Waals surface area contributed by atoms with Crippen molar-refractivity contribution >= 4 is 50.5 Å².